The average Bonchev–Trinajstić information content (AvgIpc) is 2.44. The van der Waals surface area contributed by atoms with Gasteiger partial charge in [0.1, 0.15) is 0 Å². The second-order valence-corrected chi connectivity index (χ2v) is 7.04. The third kappa shape index (κ3) is 4.86. The molecule has 1 aliphatic rings. The largest absolute Gasteiger partial charge is 0.481 e. The number of anilines is 1. The Morgan fingerprint density at radius 2 is 2.14 bits per heavy atom. The summed E-state index contributed by atoms with van der Waals surface area (Å²) in [6.07, 6.45) is 4.75. The number of amides is 1. The van der Waals surface area contributed by atoms with Crippen LogP contribution < -0.4 is 5.32 Å². The smallest absolute Gasteiger partial charge is 0.303 e. The van der Waals surface area contributed by atoms with Gasteiger partial charge >= 0.3 is 5.97 Å². The van der Waals surface area contributed by atoms with Crippen molar-refractivity contribution in [1.82, 2.24) is 0 Å². The quantitative estimate of drug-likeness (QED) is 0.868. The van der Waals surface area contributed by atoms with Crippen molar-refractivity contribution in [3.05, 3.63) is 29.8 Å². The van der Waals surface area contributed by atoms with E-state index in [9.17, 15) is 9.59 Å². The molecule has 0 bridgehead atoms. The molecule has 4 nitrogen and oxygen atoms in total. The van der Waals surface area contributed by atoms with E-state index >= 15 is 0 Å². The molecule has 1 atom stereocenters. The lowest BCUT2D eigenvalue weighted by Gasteiger charge is -2.34. The molecule has 2 N–H and O–H groups in total. The second kappa shape index (κ2) is 6.95. The van der Waals surface area contributed by atoms with Gasteiger partial charge in [0.2, 0.25) is 5.91 Å². The molecule has 2 rings (SSSR count). The van der Waals surface area contributed by atoms with E-state index in [1.54, 1.807) is 0 Å². The molecule has 1 saturated carbocycles. The summed E-state index contributed by atoms with van der Waals surface area (Å²) >= 11 is 0. The van der Waals surface area contributed by atoms with Gasteiger partial charge in [-0.15, -0.1) is 0 Å². The molecule has 0 aliphatic heterocycles. The van der Waals surface area contributed by atoms with Crippen molar-refractivity contribution in [3.63, 3.8) is 0 Å². The van der Waals surface area contributed by atoms with Crippen LogP contribution >= 0.6 is 0 Å². The molecule has 120 valence electrons. The Bertz CT molecular complexity index is 551. The number of hydrogen-bond donors (Lipinski definition) is 2. The van der Waals surface area contributed by atoms with E-state index in [4.69, 9.17) is 5.11 Å². The Morgan fingerprint density at radius 1 is 1.36 bits per heavy atom. The molecule has 1 aliphatic carbocycles. The third-order valence-electron chi connectivity index (χ3n) is 4.40. The van der Waals surface area contributed by atoms with Crippen LogP contribution in [-0.4, -0.2) is 17.0 Å². The van der Waals surface area contributed by atoms with Crippen LogP contribution in [0.25, 0.3) is 0 Å². The minimum absolute atomic E-state index is 0.0754. The monoisotopic (exact) mass is 303 g/mol. The highest BCUT2D eigenvalue weighted by atomic mass is 16.4. The van der Waals surface area contributed by atoms with Crippen molar-refractivity contribution < 1.29 is 14.7 Å². The van der Waals surface area contributed by atoms with Crippen molar-refractivity contribution in [2.75, 3.05) is 5.32 Å². The molecule has 1 unspecified atom stereocenters. The van der Waals surface area contributed by atoms with E-state index < -0.39 is 5.97 Å². The zero-order chi connectivity index (χ0) is 16.2. The van der Waals surface area contributed by atoms with E-state index in [2.05, 4.69) is 19.2 Å². The highest BCUT2D eigenvalue weighted by molar-refractivity contribution is 5.92. The molecule has 1 amide bonds. The van der Waals surface area contributed by atoms with Crippen LogP contribution in [0, 0.1) is 11.3 Å². The maximum Gasteiger partial charge on any atom is 0.303 e. The maximum absolute atomic E-state index is 12.4. The summed E-state index contributed by atoms with van der Waals surface area (Å²) in [7, 11) is 0. The summed E-state index contributed by atoms with van der Waals surface area (Å²) in [4.78, 5) is 23.1. The molecule has 0 aromatic heterocycles. The third-order valence-corrected chi connectivity index (χ3v) is 4.40. The molecule has 1 aromatic rings. The standard InChI is InChI=1S/C18H25NO3/c1-18(2)10-4-6-14(12-18)17(22)19-15-7-3-5-13(11-15)8-9-16(20)21/h3,5,7,11,14H,4,6,8-10,12H2,1-2H3,(H,19,22)(H,20,21). The highest BCUT2D eigenvalue weighted by Gasteiger charge is 2.31. The van der Waals surface area contributed by atoms with Crippen molar-refractivity contribution in [2.45, 2.75) is 52.4 Å². The number of aliphatic carboxylic acids is 1. The Balaban J connectivity index is 1.96. The van der Waals surface area contributed by atoms with Gasteiger partial charge in [-0.1, -0.05) is 32.4 Å². The molecule has 1 aromatic carbocycles. The van der Waals surface area contributed by atoms with Crippen LogP contribution in [0.4, 0.5) is 5.69 Å². The van der Waals surface area contributed by atoms with Gasteiger partial charge in [-0.3, -0.25) is 9.59 Å². The molecule has 0 saturated heterocycles. The Kier molecular flexibility index (Phi) is 5.22. The van der Waals surface area contributed by atoms with E-state index in [1.807, 2.05) is 24.3 Å². The SMILES string of the molecule is CC1(C)CCCC(C(=O)Nc2cccc(CCC(=O)O)c2)C1. The van der Waals surface area contributed by atoms with Gasteiger partial charge in [-0.05, 0) is 48.8 Å². The summed E-state index contributed by atoms with van der Waals surface area (Å²) in [6.45, 7) is 4.44. The van der Waals surface area contributed by atoms with Crippen LogP contribution in [0.5, 0.6) is 0 Å². The predicted octanol–water partition coefficient (Wildman–Crippen LogP) is 3.86. The number of nitrogens with one attached hydrogen (secondary N) is 1. The lowest BCUT2D eigenvalue weighted by molar-refractivity contribution is -0.137. The number of carboxylic acids is 1. The number of carbonyl (C=O) groups excluding carboxylic acids is 1. The number of rotatable bonds is 5. The molecule has 22 heavy (non-hydrogen) atoms. The summed E-state index contributed by atoms with van der Waals surface area (Å²) in [5.74, 6) is -0.645. The zero-order valence-electron chi connectivity index (χ0n) is 13.4. The molecule has 0 heterocycles. The molecular formula is C18H25NO3. The van der Waals surface area contributed by atoms with Crippen LogP contribution in [0.2, 0.25) is 0 Å². The molecule has 1 fully saturated rings. The Hall–Kier alpha value is -1.84. The predicted molar refractivity (Wildman–Crippen MR) is 86.8 cm³/mol. The molecule has 0 radical (unpaired) electrons. The van der Waals surface area contributed by atoms with Crippen LogP contribution in [0.3, 0.4) is 0 Å². The van der Waals surface area contributed by atoms with Gasteiger partial charge in [0, 0.05) is 18.0 Å². The first-order chi connectivity index (χ1) is 10.4. The molecule has 0 spiro atoms. The normalized spacial score (nSPS) is 20.4. The number of aryl methyl sites for hydroxylation is 1. The topological polar surface area (TPSA) is 66.4 Å². The van der Waals surface area contributed by atoms with E-state index in [1.165, 1.54) is 6.42 Å². The zero-order valence-corrected chi connectivity index (χ0v) is 13.4. The van der Waals surface area contributed by atoms with E-state index in [-0.39, 0.29) is 23.7 Å². The summed E-state index contributed by atoms with van der Waals surface area (Å²) in [5.41, 5.74) is 1.93. The van der Waals surface area contributed by atoms with Crippen LogP contribution in [0.1, 0.15) is 51.5 Å². The van der Waals surface area contributed by atoms with E-state index in [0.29, 0.717) is 6.42 Å². The summed E-state index contributed by atoms with van der Waals surface area (Å²) in [5, 5.41) is 11.7. The number of hydrogen-bond acceptors (Lipinski definition) is 2. The van der Waals surface area contributed by atoms with Crippen LogP contribution in [0.15, 0.2) is 24.3 Å². The number of carboxylic acid groups (broad SMARTS) is 1. The summed E-state index contributed by atoms with van der Waals surface area (Å²) in [6, 6.07) is 7.48. The second-order valence-electron chi connectivity index (χ2n) is 7.04. The van der Waals surface area contributed by atoms with E-state index in [0.717, 1.165) is 30.5 Å². The average molecular weight is 303 g/mol. The first-order valence-electron chi connectivity index (χ1n) is 7.97. The fraction of sp³-hybridized carbons (Fsp3) is 0.556. The summed E-state index contributed by atoms with van der Waals surface area (Å²) < 4.78 is 0. The van der Waals surface area contributed by atoms with Crippen molar-refractivity contribution >= 4 is 17.6 Å². The lowest BCUT2D eigenvalue weighted by atomic mass is 9.72. The minimum atomic E-state index is -0.807. The maximum atomic E-state index is 12.4. The van der Waals surface area contributed by atoms with Gasteiger partial charge in [0.15, 0.2) is 0 Å². The van der Waals surface area contributed by atoms with Crippen molar-refractivity contribution in [1.29, 1.82) is 0 Å². The fourth-order valence-corrected chi connectivity index (χ4v) is 3.22. The fourth-order valence-electron chi connectivity index (χ4n) is 3.22. The Morgan fingerprint density at radius 3 is 2.82 bits per heavy atom. The lowest BCUT2D eigenvalue weighted by Crippen LogP contribution is -2.31. The van der Waals surface area contributed by atoms with Gasteiger partial charge in [-0.2, -0.15) is 0 Å². The minimum Gasteiger partial charge on any atom is -0.481 e. The van der Waals surface area contributed by atoms with Gasteiger partial charge in [0.25, 0.3) is 0 Å². The molecule has 4 heteroatoms. The van der Waals surface area contributed by atoms with Gasteiger partial charge < -0.3 is 10.4 Å². The Labute approximate surface area is 131 Å². The van der Waals surface area contributed by atoms with Gasteiger partial charge in [-0.25, -0.2) is 0 Å². The first kappa shape index (κ1) is 16.5. The highest BCUT2D eigenvalue weighted by Crippen LogP contribution is 2.38. The number of benzene rings is 1. The van der Waals surface area contributed by atoms with Gasteiger partial charge in [0.05, 0.1) is 0 Å². The van der Waals surface area contributed by atoms with Crippen LogP contribution in [-0.2, 0) is 16.0 Å². The van der Waals surface area contributed by atoms with Crippen molar-refractivity contribution in [3.8, 4) is 0 Å². The van der Waals surface area contributed by atoms with Crippen molar-refractivity contribution in [2.24, 2.45) is 11.3 Å². The molecular weight excluding hydrogens is 278 g/mol. The number of carbonyl (C=O) groups is 2. The first-order valence-corrected chi connectivity index (χ1v) is 7.97.